The molecule has 0 aliphatic heterocycles. The fraction of sp³-hybridized carbons (Fsp3) is 0.875. The highest BCUT2D eigenvalue weighted by molar-refractivity contribution is 5.90. The van der Waals surface area contributed by atoms with Crippen molar-refractivity contribution in [2.24, 2.45) is 5.73 Å². The van der Waals surface area contributed by atoms with E-state index < -0.39 is 30.0 Å². The second kappa shape index (κ2) is 34.0. The molecule has 0 aliphatic rings. The Labute approximate surface area is 290 Å². The van der Waals surface area contributed by atoms with Crippen LogP contribution in [0.15, 0.2) is 12.2 Å². The van der Waals surface area contributed by atoms with Crippen LogP contribution in [0.5, 0.6) is 0 Å². The minimum Gasteiger partial charge on any atom is -0.480 e. The molecule has 0 rings (SSSR count). The van der Waals surface area contributed by atoms with Crippen LogP contribution in [0.1, 0.15) is 206 Å². The van der Waals surface area contributed by atoms with E-state index in [1.165, 1.54) is 128 Å². The molecule has 0 saturated carbocycles. The van der Waals surface area contributed by atoms with Crippen LogP contribution >= 0.6 is 0 Å². The van der Waals surface area contributed by atoms with Crippen LogP contribution in [0.2, 0.25) is 0 Å². The lowest BCUT2D eigenvalue weighted by Gasteiger charge is -2.22. The van der Waals surface area contributed by atoms with Crippen molar-refractivity contribution in [2.45, 2.75) is 219 Å². The zero-order valence-electron chi connectivity index (χ0n) is 30.9. The van der Waals surface area contributed by atoms with Gasteiger partial charge in [-0.3, -0.25) is 9.59 Å². The quantitative estimate of drug-likeness (QED) is 0.0348. The number of carbonyl (C=O) groups excluding carboxylic acids is 2. The molecule has 0 radical (unpaired) electrons. The number of aliphatic carboxylic acids is 1. The number of carboxylic acids is 1. The third kappa shape index (κ3) is 28.8. The van der Waals surface area contributed by atoms with Gasteiger partial charge >= 0.3 is 11.9 Å². The zero-order valence-corrected chi connectivity index (χ0v) is 30.9. The maximum Gasteiger partial charge on any atom is 0.326 e. The molecular weight excluding hydrogens is 588 g/mol. The molecule has 1 amide bonds. The third-order valence-corrected chi connectivity index (χ3v) is 9.26. The highest BCUT2D eigenvalue weighted by atomic mass is 16.5. The van der Waals surface area contributed by atoms with Gasteiger partial charge in [0.2, 0.25) is 6.10 Å². The van der Waals surface area contributed by atoms with E-state index in [1.807, 2.05) is 0 Å². The van der Waals surface area contributed by atoms with E-state index in [0.717, 1.165) is 38.5 Å². The summed E-state index contributed by atoms with van der Waals surface area (Å²) in [5.74, 6) is -2.15. The summed E-state index contributed by atoms with van der Waals surface area (Å²) in [6, 6.07) is -1.07. The van der Waals surface area contributed by atoms with Gasteiger partial charge in [-0.25, -0.2) is 4.79 Å². The van der Waals surface area contributed by atoms with Gasteiger partial charge in [0.1, 0.15) is 6.04 Å². The van der Waals surface area contributed by atoms with Crippen LogP contribution in [-0.2, 0) is 19.1 Å². The Morgan fingerprint density at radius 2 is 0.957 bits per heavy atom. The van der Waals surface area contributed by atoms with Gasteiger partial charge in [0.05, 0.1) is 0 Å². The normalized spacial score (nSPS) is 12.5. The molecule has 7 nitrogen and oxygen atoms in total. The van der Waals surface area contributed by atoms with Gasteiger partial charge in [0, 0.05) is 6.42 Å². The molecule has 47 heavy (non-hydrogen) atoms. The van der Waals surface area contributed by atoms with Crippen molar-refractivity contribution in [3.05, 3.63) is 12.2 Å². The number of rotatable bonds is 36. The molecule has 0 aromatic carbocycles. The number of nitrogens with two attached hydrogens (primary N) is 1. The molecule has 0 fully saturated rings. The van der Waals surface area contributed by atoms with Crippen molar-refractivity contribution in [3.63, 3.8) is 0 Å². The lowest BCUT2D eigenvalue weighted by molar-refractivity contribution is -0.155. The molecule has 2 atom stereocenters. The van der Waals surface area contributed by atoms with E-state index in [-0.39, 0.29) is 12.8 Å². The van der Waals surface area contributed by atoms with Crippen molar-refractivity contribution in [1.82, 2.24) is 5.32 Å². The molecule has 276 valence electrons. The Bertz CT molecular complexity index is 772. The summed E-state index contributed by atoms with van der Waals surface area (Å²) in [6.07, 6.45) is 32.6. The Balaban J connectivity index is 4.44. The lowest BCUT2D eigenvalue weighted by Crippen LogP contribution is -2.47. The summed E-state index contributed by atoms with van der Waals surface area (Å²) in [7, 11) is 0. The van der Waals surface area contributed by atoms with E-state index in [0.29, 0.717) is 25.0 Å². The standard InChI is InChI=1S/C40H76N2O5/c1-4-6-8-10-12-14-16-17-18-19-21-23-25-27-29-33-37(43)47-38(39(44)42-36(40(45)46)32-30-34-41)35(3)31-28-26-24-22-20-15-13-11-9-7-5-2/h36,38H,3-34,41H2,1-2H3,(H,42,44)(H,45,46). The smallest absolute Gasteiger partial charge is 0.326 e. The van der Waals surface area contributed by atoms with Crippen LogP contribution in [0, 0.1) is 0 Å². The first-order valence-electron chi connectivity index (χ1n) is 20.0. The minimum atomic E-state index is -1.17. The predicted octanol–water partition coefficient (Wildman–Crippen LogP) is 10.7. The second-order valence-corrected chi connectivity index (χ2v) is 13.8. The average molecular weight is 665 g/mol. The average Bonchev–Trinajstić information content (AvgIpc) is 3.05. The highest BCUT2D eigenvalue weighted by Gasteiger charge is 2.29. The third-order valence-electron chi connectivity index (χ3n) is 9.26. The number of unbranched alkanes of at least 4 members (excludes halogenated alkanes) is 24. The van der Waals surface area contributed by atoms with E-state index in [1.54, 1.807) is 0 Å². The maximum absolute atomic E-state index is 13.2. The monoisotopic (exact) mass is 665 g/mol. The zero-order chi connectivity index (χ0) is 34.8. The fourth-order valence-electron chi connectivity index (χ4n) is 6.13. The Morgan fingerprint density at radius 1 is 0.596 bits per heavy atom. The molecule has 7 heteroatoms. The van der Waals surface area contributed by atoms with Crippen LogP contribution < -0.4 is 11.1 Å². The fourth-order valence-corrected chi connectivity index (χ4v) is 6.13. The molecule has 0 saturated heterocycles. The summed E-state index contributed by atoms with van der Waals surface area (Å²) in [5, 5.41) is 12.2. The number of hydrogen-bond acceptors (Lipinski definition) is 5. The van der Waals surface area contributed by atoms with Crippen molar-refractivity contribution < 1.29 is 24.2 Å². The molecule has 0 aromatic rings. The van der Waals surface area contributed by atoms with E-state index in [2.05, 4.69) is 25.7 Å². The van der Waals surface area contributed by atoms with Crippen molar-refractivity contribution in [1.29, 1.82) is 0 Å². The summed E-state index contributed by atoms with van der Waals surface area (Å²) in [6.45, 7) is 8.94. The van der Waals surface area contributed by atoms with Crippen molar-refractivity contribution >= 4 is 17.8 Å². The number of ether oxygens (including phenoxy) is 1. The Morgan fingerprint density at radius 3 is 1.32 bits per heavy atom. The SMILES string of the molecule is C=C(CCCCCCCCCCCCC)C(OC(=O)CCCCCCCCCCCCCCCCC)C(=O)NC(CCCN)C(=O)O. The minimum absolute atomic E-state index is 0.225. The number of nitrogens with one attached hydrogen (secondary N) is 1. The van der Waals surface area contributed by atoms with Gasteiger partial charge in [-0.15, -0.1) is 0 Å². The molecule has 0 heterocycles. The molecule has 4 N–H and O–H groups in total. The highest BCUT2D eigenvalue weighted by Crippen LogP contribution is 2.19. The maximum atomic E-state index is 13.2. The van der Waals surface area contributed by atoms with Crippen molar-refractivity contribution in [2.75, 3.05) is 6.54 Å². The number of esters is 1. The first kappa shape index (κ1) is 45.1. The number of carboxylic acid groups (broad SMARTS) is 1. The predicted molar refractivity (Wildman–Crippen MR) is 197 cm³/mol. The number of hydrogen-bond donors (Lipinski definition) is 3. The van der Waals surface area contributed by atoms with Crippen LogP contribution in [0.3, 0.4) is 0 Å². The summed E-state index contributed by atoms with van der Waals surface area (Å²) >= 11 is 0. The van der Waals surface area contributed by atoms with E-state index >= 15 is 0 Å². The molecule has 0 bridgehead atoms. The number of carbonyl (C=O) groups is 3. The van der Waals surface area contributed by atoms with Gasteiger partial charge in [-0.1, -0.05) is 175 Å². The topological polar surface area (TPSA) is 119 Å². The summed E-state index contributed by atoms with van der Waals surface area (Å²) in [5.41, 5.74) is 6.09. The largest absolute Gasteiger partial charge is 0.480 e. The first-order chi connectivity index (χ1) is 22.9. The summed E-state index contributed by atoms with van der Waals surface area (Å²) < 4.78 is 5.66. The Kier molecular flexibility index (Phi) is 32.6. The summed E-state index contributed by atoms with van der Waals surface area (Å²) in [4.78, 5) is 37.7. The second-order valence-electron chi connectivity index (χ2n) is 13.8. The molecule has 0 aromatic heterocycles. The lowest BCUT2D eigenvalue weighted by atomic mass is 10.0. The van der Waals surface area contributed by atoms with Crippen molar-refractivity contribution in [3.8, 4) is 0 Å². The van der Waals surface area contributed by atoms with Gasteiger partial charge in [0.25, 0.3) is 5.91 Å². The molecule has 0 aliphatic carbocycles. The van der Waals surface area contributed by atoms with Gasteiger partial charge in [0.15, 0.2) is 0 Å². The Hall–Kier alpha value is -1.89. The van der Waals surface area contributed by atoms with E-state index in [9.17, 15) is 19.5 Å². The van der Waals surface area contributed by atoms with Crippen LogP contribution in [0.25, 0.3) is 0 Å². The molecular formula is C40H76N2O5. The van der Waals surface area contributed by atoms with E-state index in [4.69, 9.17) is 10.5 Å². The molecule has 2 unspecified atom stereocenters. The van der Waals surface area contributed by atoms with Crippen LogP contribution in [0.4, 0.5) is 0 Å². The number of amides is 1. The first-order valence-corrected chi connectivity index (χ1v) is 20.0. The van der Waals surface area contributed by atoms with Gasteiger partial charge in [-0.05, 0) is 44.2 Å². The molecule has 0 spiro atoms. The van der Waals surface area contributed by atoms with Gasteiger partial charge in [-0.2, -0.15) is 0 Å². The van der Waals surface area contributed by atoms with Crippen LogP contribution in [-0.4, -0.2) is 41.6 Å². The van der Waals surface area contributed by atoms with Gasteiger partial charge < -0.3 is 20.9 Å².